The van der Waals surface area contributed by atoms with E-state index in [2.05, 4.69) is 18.2 Å². The Morgan fingerprint density at radius 2 is 1.68 bits per heavy atom. The number of hydrogen-bond donors (Lipinski definition) is 0. The molecular weight excluding hydrogens is 352 g/mol. The predicted molar refractivity (Wildman–Crippen MR) is 108 cm³/mol. The highest BCUT2D eigenvalue weighted by atomic mass is 16.5. The van der Waals surface area contributed by atoms with Gasteiger partial charge in [-0.15, -0.1) is 0 Å². The van der Waals surface area contributed by atoms with E-state index >= 15 is 0 Å². The first-order valence-corrected chi connectivity index (χ1v) is 8.99. The number of fused-ring (bicyclic) bond motifs is 2. The second kappa shape index (κ2) is 6.74. The van der Waals surface area contributed by atoms with Gasteiger partial charge in [0.25, 0.3) is 0 Å². The molecule has 28 heavy (non-hydrogen) atoms. The Bertz CT molecular complexity index is 1320. The molecule has 0 bridgehead atoms. The summed E-state index contributed by atoms with van der Waals surface area (Å²) >= 11 is 0. The standard InChI is InChI=1S/C24H16O4/c25-21-14-24(23-9-4-12-26-23)28-22-11-10-18(13-20(21)22)27-15-17-7-3-6-16-5-1-2-8-19(16)17/h1-14H,15H2. The normalized spacial score (nSPS) is 11.1. The van der Waals surface area contributed by atoms with Crippen LogP contribution < -0.4 is 10.2 Å². The third-order valence-corrected chi connectivity index (χ3v) is 4.74. The summed E-state index contributed by atoms with van der Waals surface area (Å²) in [6.45, 7) is 0.419. The fourth-order valence-corrected chi connectivity index (χ4v) is 3.34. The summed E-state index contributed by atoms with van der Waals surface area (Å²) in [4.78, 5) is 12.5. The van der Waals surface area contributed by atoms with Crippen LogP contribution in [-0.2, 0) is 6.61 Å². The molecule has 136 valence electrons. The summed E-state index contributed by atoms with van der Waals surface area (Å²) in [5.41, 5.74) is 1.46. The maximum atomic E-state index is 12.5. The Morgan fingerprint density at radius 1 is 0.786 bits per heavy atom. The highest BCUT2D eigenvalue weighted by Gasteiger charge is 2.10. The molecule has 0 aliphatic heterocycles. The Hall–Kier alpha value is -3.79. The highest BCUT2D eigenvalue weighted by molar-refractivity contribution is 5.85. The van der Waals surface area contributed by atoms with Crippen molar-refractivity contribution in [2.45, 2.75) is 6.61 Å². The molecule has 0 N–H and O–H groups in total. The van der Waals surface area contributed by atoms with Gasteiger partial charge in [-0.3, -0.25) is 4.79 Å². The van der Waals surface area contributed by atoms with E-state index in [-0.39, 0.29) is 5.43 Å². The van der Waals surface area contributed by atoms with Crippen LogP contribution >= 0.6 is 0 Å². The molecule has 4 heteroatoms. The molecule has 0 aliphatic rings. The quantitative estimate of drug-likeness (QED) is 0.403. The van der Waals surface area contributed by atoms with Crippen molar-refractivity contribution in [3.8, 4) is 17.3 Å². The van der Waals surface area contributed by atoms with Gasteiger partial charge in [0, 0.05) is 6.07 Å². The SMILES string of the molecule is O=c1cc(-c2ccco2)oc2ccc(OCc3cccc4ccccc34)cc12. The Kier molecular flexibility index (Phi) is 3.95. The molecule has 2 heterocycles. The summed E-state index contributed by atoms with van der Waals surface area (Å²) in [6, 6.07) is 24.6. The lowest BCUT2D eigenvalue weighted by Gasteiger charge is -2.10. The minimum Gasteiger partial charge on any atom is -0.489 e. The molecule has 0 unspecified atom stereocenters. The van der Waals surface area contributed by atoms with Gasteiger partial charge in [0.05, 0.1) is 11.6 Å². The molecule has 4 nitrogen and oxygen atoms in total. The lowest BCUT2D eigenvalue weighted by molar-refractivity contribution is 0.308. The zero-order valence-corrected chi connectivity index (χ0v) is 14.9. The van der Waals surface area contributed by atoms with Gasteiger partial charge in [-0.25, -0.2) is 0 Å². The van der Waals surface area contributed by atoms with Crippen LogP contribution in [0.4, 0.5) is 0 Å². The molecule has 0 saturated carbocycles. The molecule has 0 amide bonds. The molecule has 2 aromatic heterocycles. The van der Waals surface area contributed by atoms with E-state index < -0.39 is 0 Å². The third-order valence-electron chi connectivity index (χ3n) is 4.74. The first kappa shape index (κ1) is 16.4. The molecule has 0 spiro atoms. The van der Waals surface area contributed by atoms with Crippen molar-refractivity contribution in [2.75, 3.05) is 0 Å². The fraction of sp³-hybridized carbons (Fsp3) is 0.0417. The molecule has 0 fully saturated rings. The van der Waals surface area contributed by atoms with Crippen molar-refractivity contribution < 1.29 is 13.6 Å². The van der Waals surface area contributed by atoms with Gasteiger partial charge in [0.2, 0.25) is 0 Å². The van der Waals surface area contributed by atoms with E-state index in [4.69, 9.17) is 13.6 Å². The highest BCUT2D eigenvalue weighted by Crippen LogP contribution is 2.26. The van der Waals surface area contributed by atoms with Gasteiger partial charge >= 0.3 is 0 Å². The summed E-state index contributed by atoms with van der Waals surface area (Å²) in [5, 5.41) is 2.81. The maximum absolute atomic E-state index is 12.5. The number of hydrogen-bond acceptors (Lipinski definition) is 4. The van der Waals surface area contributed by atoms with Crippen LogP contribution in [0, 0.1) is 0 Å². The van der Waals surface area contributed by atoms with E-state index in [0.717, 1.165) is 10.9 Å². The van der Waals surface area contributed by atoms with Crippen LogP contribution in [0.1, 0.15) is 5.56 Å². The first-order valence-electron chi connectivity index (χ1n) is 8.99. The number of furan rings is 1. The van der Waals surface area contributed by atoms with Crippen molar-refractivity contribution in [3.05, 3.63) is 101 Å². The van der Waals surface area contributed by atoms with Crippen molar-refractivity contribution in [1.29, 1.82) is 0 Å². The molecular formula is C24H16O4. The van der Waals surface area contributed by atoms with Gasteiger partial charge in [-0.2, -0.15) is 0 Å². The zero-order valence-electron chi connectivity index (χ0n) is 14.9. The zero-order chi connectivity index (χ0) is 18.9. The smallest absolute Gasteiger partial charge is 0.193 e. The van der Waals surface area contributed by atoms with Crippen LogP contribution in [-0.4, -0.2) is 0 Å². The Morgan fingerprint density at radius 3 is 2.57 bits per heavy atom. The molecule has 5 rings (SSSR count). The lowest BCUT2D eigenvalue weighted by atomic mass is 10.1. The third kappa shape index (κ3) is 2.95. The minimum atomic E-state index is -0.136. The fourth-order valence-electron chi connectivity index (χ4n) is 3.34. The molecule has 3 aromatic carbocycles. The van der Waals surface area contributed by atoms with Crippen LogP contribution in [0.3, 0.4) is 0 Å². The van der Waals surface area contributed by atoms with Gasteiger partial charge in [-0.1, -0.05) is 42.5 Å². The van der Waals surface area contributed by atoms with Crippen LogP contribution in [0.15, 0.2) is 98.8 Å². The molecule has 5 aromatic rings. The number of ether oxygens (including phenoxy) is 1. The van der Waals surface area contributed by atoms with Gasteiger partial charge < -0.3 is 13.6 Å². The van der Waals surface area contributed by atoms with Crippen molar-refractivity contribution in [2.24, 2.45) is 0 Å². The average Bonchev–Trinajstić information content (AvgIpc) is 3.27. The second-order valence-electron chi connectivity index (χ2n) is 6.54. The summed E-state index contributed by atoms with van der Waals surface area (Å²) in [5.74, 6) is 1.56. The lowest BCUT2D eigenvalue weighted by Crippen LogP contribution is -2.01. The monoisotopic (exact) mass is 368 g/mol. The van der Waals surface area contributed by atoms with Crippen molar-refractivity contribution >= 4 is 21.7 Å². The molecule has 0 radical (unpaired) electrons. The Balaban J connectivity index is 1.46. The van der Waals surface area contributed by atoms with Crippen LogP contribution in [0.2, 0.25) is 0 Å². The van der Waals surface area contributed by atoms with E-state index in [9.17, 15) is 4.79 Å². The first-order chi connectivity index (χ1) is 13.8. The summed E-state index contributed by atoms with van der Waals surface area (Å²) in [6.07, 6.45) is 1.55. The van der Waals surface area contributed by atoms with Crippen molar-refractivity contribution in [1.82, 2.24) is 0 Å². The van der Waals surface area contributed by atoms with Gasteiger partial charge in [-0.05, 0) is 46.7 Å². The molecule has 0 atom stereocenters. The van der Waals surface area contributed by atoms with Crippen LogP contribution in [0.5, 0.6) is 5.75 Å². The van der Waals surface area contributed by atoms with Gasteiger partial charge in [0.15, 0.2) is 16.9 Å². The number of benzene rings is 3. The van der Waals surface area contributed by atoms with E-state index in [0.29, 0.717) is 34.8 Å². The van der Waals surface area contributed by atoms with Crippen LogP contribution in [0.25, 0.3) is 33.3 Å². The largest absolute Gasteiger partial charge is 0.489 e. The van der Waals surface area contributed by atoms with Crippen molar-refractivity contribution in [3.63, 3.8) is 0 Å². The average molecular weight is 368 g/mol. The molecule has 0 saturated heterocycles. The minimum absolute atomic E-state index is 0.136. The summed E-state index contributed by atoms with van der Waals surface area (Å²) < 4.78 is 17.1. The Labute approximate surface area is 160 Å². The predicted octanol–water partition coefficient (Wildman–Crippen LogP) is 5.79. The number of rotatable bonds is 4. The summed E-state index contributed by atoms with van der Waals surface area (Å²) in [7, 11) is 0. The van der Waals surface area contributed by atoms with Gasteiger partial charge in [0.1, 0.15) is 17.9 Å². The van der Waals surface area contributed by atoms with E-state index in [1.165, 1.54) is 11.5 Å². The van der Waals surface area contributed by atoms with E-state index in [1.54, 1.807) is 30.5 Å². The maximum Gasteiger partial charge on any atom is 0.193 e. The topological polar surface area (TPSA) is 52.6 Å². The van der Waals surface area contributed by atoms with E-state index in [1.807, 2.05) is 30.3 Å². The second-order valence-corrected chi connectivity index (χ2v) is 6.54. The molecule has 0 aliphatic carbocycles.